The monoisotopic (exact) mass is 328 g/mol. The van der Waals surface area contributed by atoms with Crippen LogP contribution in [0.3, 0.4) is 0 Å². The van der Waals surface area contributed by atoms with Crippen molar-refractivity contribution in [3.63, 3.8) is 0 Å². The number of hydrogen-bond donors (Lipinski definition) is 3. The Morgan fingerprint density at radius 3 is 2.70 bits per heavy atom. The predicted octanol–water partition coefficient (Wildman–Crippen LogP) is 2.57. The Labute approximate surface area is 129 Å². The molecule has 0 aliphatic carbocycles. The zero-order valence-electron chi connectivity index (χ0n) is 12.0. The van der Waals surface area contributed by atoms with Crippen LogP contribution in [0.4, 0.5) is 24.8 Å². The summed E-state index contributed by atoms with van der Waals surface area (Å²) in [6.07, 6.45) is -3.66. The summed E-state index contributed by atoms with van der Waals surface area (Å²) in [6, 6.07) is 4.73. The van der Waals surface area contributed by atoms with E-state index in [0.717, 1.165) is 12.1 Å². The number of H-pyrrole nitrogens is 1. The van der Waals surface area contributed by atoms with E-state index in [9.17, 15) is 18.3 Å². The molecule has 0 amide bonds. The van der Waals surface area contributed by atoms with Gasteiger partial charge in [-0.05, 0) is 18.2 Å². The number of alkyl halides is 3. The molecule has 0 atom stereocenters. The molecule has 124 valence electrons. The molecule has 0 bridgehead atoms. The molecule has 2 aromatic rings. The highest BCUT2D eigenvalue weighted by molar-refractivity contribution is 5.54. The zero-order valence-corrected chi connectivity index (χ0v) is 12.0. The number of nitrogens with zero attached hydrogens (tertiary/aromatic N) is 2. The Bertz CT molecular complexity index is 681. The topological polar surface area (TPSA) is 83.1 Å². The number of benzene rings is 1. The highest BCUT2D eigenvalue weighted by atomic mass is 19.4. The summed E-state index contributed by atoms with van der Waals surface area (Å²) in [5.74, 6) is 0.370. The number of hydrogen-bond acceptors (Lipinski definition) is 5. The zero-order chi connectivity index (χ0) is 16.5. The number of aliphatic hydroxyl groups is 1. The molecule has 0 saturated carbocycles. The standard InChI is InChI=1S/C14H15F3N4O2/c15-14(16,17)9-2-1-3-10(8-9)18-12-19-11(20-21-12)13(22)4-6-23-7-5-13/h1-3,8,22H,4-7H2,(H2,18,19,20,21). The lowest BCUT2D eigenvalue weighted by Crippen LogP contribution is -2.34. The SMILES string of the molecule is OC1(c2nc(Nc3cccc(C(F)(F)F)c3)n[nH]2)CCOCC1. The van der Waals surface area contributed by atoms with Crippen molar-refractivity contribution in [2.45, 2.75) is 24.6 Å². The quantitative estimate of drug-likeness (QED) is 0.806. The van der Waals surface area contributed by atoms with Gasteiger partial charge in [-0.1, -0.05) is 6.07 Å². The van der Waals surface area contributed by atoms with Crippen LogP contribution in [0, 0.1) is 0 Å². The number of aromatic amines is 1. The minimum atomic E-state index is -4.42. The van der Waals surface area contributed by atoms with E-state index in [-0.39, 0.29) is 17.5 Å². The van der Waals surface area contributed by atoms with E-state index in [4.69, 9.17) is 4.74 Å². The maximum Gasteiger partial charge on any atom is 0.416 e. The van der Waals surface area contributed by atoms with Crippen LogP contribution in [0.5, 0.6) is 0 Å². The molecule has 3 N–H and O–H groups in total. The van der Waals surface area contributed by atoms with Gasteiger partial charge in [0.05, 0.1) is 5.56 Å². The maximum atomic E-state index is 12.7. The average molecular weight is 328 g/mol. The molecule has 1 saturated heterocycles. The molecule has 1 aliphatic rings. The van der Waals surface area contributed by atoms with Gasteiger partial charge < -0.3 is 15.2 Å². The molecule has 3 rings (SSSR count). The Balaban J connectivity index is 1.77. The summed E-state index contributed by atoms with van der Waals surface area (Å²) < 4.78 is 43.3. The van der Waals surface area contributed by atoms with Gasteiger partial charge in [0.25, 0.3) is 0 Å². The van der Waals surface area contributed by atoms with Crippen LogP contribution in [0.2, 0.25) is 0 Å². The lowest BCUT2D eigenvalue weighted by atomic mass is 9.94. The smallest absolute Gasteiger partial charge is 0.382 e. The van der Waals surface area contributed by atoms with Crippen molar-refractivity contribution < 1.29 is 23.0 Å². The molecular weight excluding hydrogens is 313 g/mol. The Morgan fingerprint density at radius 2 is 2.00 bits per heavy atom. The molecule has 6 nitrogen and oxygen atoms in total. The predicted molar refractivity (Wildman–Crippen MR) is 75.1 cm³/mol. The van der Waals surface area contributed by atoms with E-state index in [0.29, 0.717) is 26.1 Å². The first-order chi connectivity index (χ1) is 10.9. The summed E-state index contributed by atoms with van der Waals surface area (Å²) in [6.45, 7) is 0.821. The first-order valence-corrected chi connectivity index (χ1v) is 7.04. The van der Waals surface area contributed by atoms with E-state index in [1.165, 1.54) is 12.1 Å². The summed E-state index contributed by atoms with van der Waals surface area (Å²) >= 11 is 0. The second-order valence-electron chi connectivity index (χ2n) is 5.36. The lowest BCUT2D eigenvalue weighted by Gasteiger charge is -2.29. The first kappa shape index (κ1) is 15.8. The number of rotatable bonds is 3. The third-order valence-corrected chi connectivity index (χ3v) is 3.69. The molecule has 2 heterocycles. The minimum absolute atomic E-state index is 0.0965. The van der Waals surface area contributed by atoms with Gasteiger partial charge in [0.15, 0.2) is 5.82 Å². The summed E-state index contributed by atoms with van der Waals surface area (Å²) in [4.78, 5) is 4.13. The lowest BCUT2D eigenvalue weighted by molar-refractivity contribution is -0.137. The van der Waals surface area contributed by atoms with Crippen molar-refractivity contribution in [2.75, 3.05) is 18.5 Å². The molecule has 1 fully saturated rings. The average Bonchev–Trinajstić information content (AvgIpc) is 2.97. The van der Waals surface area contributed by atoms with E-state index >= 15 is 0 Å². The van der Waals surface area contributed by atoms with E-state index in [1.54, 1.807) is 0 Å². The number of nitrogens with one attached hydrogen (secondary N) is 2. The van der Waals surface area contributed by atoms with Crippen LogP contribution in [0.25, 0.3) is 0 Å². The van der Waals surface area contributed by atoms with Crippen LogP contribution in [-0.4, -0.2) is 33.5 Å². The van der Waals surface area contributed by atoms with Gasteiger partial charge in [-0.15, -0.1) is 5.10 Å². The van der Waals surface area contributed by atoms with Gasteiger partial charge in [-0.25, -0.2) is 0 Å². The highest BCUT2D eigenvalue weighted by Gasteiger charge is 2.35. The Hall–Kier alpha value is -2.13. The van der Waals surface area contributed by atoms with Crippen molar-refractivity contribution in [3.05, 3.63) is 35.7 Å². The maximum absolute atomic E-state index is 12.7. The fraction of sp³-hybridized carbons (Fsp3) is 0.429. The minimum Gasteiger partial charge on any atom is -0.382 e. The molecule has 1 aromatic heterocycles. The van der Waals surface area contributed by atoms with Gasteiger partial charge >= 0.3 is 6.18 Å². The number of anilines is 2. The van der Waals surface area contributed by atoms with Gasteiger partial charge in [-0.2, -0.15) is 18.2 Å². The number of aromatic nitrogens is 3. The second kappa shape index (κ2) is 5.82. The summed E-state index contributed by atoms with van der Waals surface area (Å²) in [5.41, 5.74) is -1.70. The second-order valence-corrected chi connectivity index (χ2v) is 5.36. The molecule has 0 radical (unpaired) electrons. The van der Waals surface area contributed by atoms with Crippen LogP contribution >= 0.6 is 0 Å². The fourth-order valence-corrected chi connectivity index (χ4v) is 2.37. The first-order valence-electron chi connectivity index (χ1n) is 7.04. The Morgan fingerprint density at radius 1 is 1.26 bits per heavy atom. The van der Waals surface area contributed by atoms with E-state index in [2.05, 4.69) is 20.5 Å². The molecule has 23 heavy (non-hydrogen) atoms. The van der Waals surface area contributed by atoms with Crippen molar-refractivity contribution >= 4 is 11.6 Å². The van der Waals surface area contributed by atoms with E-state index < -0.39 is 17.3 Å². The molecular formula is C14H15F3N4O2. The number of ether oxygens (including phenoxy) is 1. The van der Waals surface area contributed by atoms with Crippen LogP contribution in [0.15, 0.2) is 24.3 Å². The highest BCUT2D eigenvalue weighted by Crippen LogP contribution is 2.32. The van der Waals surface area contributed by atoms with E-state index in [1.807, 2.05) is 0 Å². The normalized spacial score (nSPS) is 17.9. The van der Waals surface area contributed by atoms with Crippen molar-refractivity contribution in [1.82, 2.24) is 15.2 Å². The third-order valence-electron chi connectivity index (χ3n) is 3.69. The fourth-order valence-electron chi connectivity index (χ4n) is 2.37. The molecule has 0 spiro atoms. The Kier molecular flexibility index (Phi) is 3.99. The molecule has 1 aliphatic heterocycles. The van der Waals surface area contributed by atoms with Crippen molar-refractivity contribution in [2.24, 2.45) is 0 Å². The van der Waals surface area contributed by atoms with Gasteiger partial charge in [0, 0.05) is 31.7 Å². The third kappa shape index (κ3) is 3.45. The van der Waals surface area contributed by atoms with Gasteiger partial charge in [-0.3, -0.25) is 5.10 Å². The summed E-state index contributed by atoms with van der Waals surface area (Å²) in [7, 11) is 0. The molecule has 0 unspecified atom stereocenters. The number of halogens is 3. The van der Waals surface area contributed by atoms with Crippen molar-refractivity contribution in [1.29, 1.82) is 0 Å². The van der Waals surface area contributed by atoms with Crippen LogP contribution < -0.4 is 5.32 Å². The molecule has 9 heteroatoms. The largest absolute Gasteiger partial charge is 0.416 e. The van der Waals surface area contributed by atoms with Crippen LogP contribution in [-0.2, 0) is 16.5 Å². The van der Waals surface area contributed by atoms with Crippen LogP contribution in [0.1, 0.15) is 24.2 Å². The molecule has 1 aromatic carbocycles. The van der Waals surface area contributed by atoms with Crippen molar-refractivity contribution in [3.8, 4) is 0 Å². The summed E-state index contributed by atoms with van der Waals surface area (Å²) in [5, 5.41) is 19.7. The van der Waals surface area contributed by atoms with Gasteiger partial charge in [0.2, 0.25) is 5.95 Å². The van der Waals surface area contributed by atoms with Gasteiger partial charge in [0.1, 0.15) is 5.60 Å².